The van der Waals surface area contributed by atoms with E-state index in [-0.39, 0.29) is 5.56 Å². The third kappa shape index (κ3) is 4.07. The lowest BCUT2D eigenvalue weighted by molar-refractivity contribution is -0.120. The maximum Gasteiger partial charge on any atom is 0.239 e. The molecular weight excluding hydrogens is 291 g/mol. The molecule has 0 aromatic heterocycles. The van der Waals surface area contributed by atoms with Crippen molar-refractivity contribution in [2.45, 2.75) is 6.04 Å². The highest BCUT2D eigenvalue weighted by molar-refractivity contribution is 9.10. The van der Waals surface area contributed by atoms with Gasteiger partial charge < -0.3 is 10.5 Å². The van der Waals surface area contributed by atoms with Crippen molar-refractivity contribution >= 4 is 21.8 Å². The molecule has 1 unspecified atom stereocenters. The number of primary amides is 1. The van der Waals surface area contributed by atoms with E-state index in [0.29, 0.717) is 17.6 Å². The lowest BCUT2D eigenvalue weighted by Crippen LogP contribution is -2.36. The van der Waals surface area contributed by atoms with E-state index in [1.807, 2.05) is 0 Å². The molecular formula is C11H14BrFN2O2. The van der Waals surface area contributed by atoms with E-state index in [9.17, 15) is 9.18 Å². The maximum atomic E-state index is 13.7. The summed E-state index contributed by atoms with van der Waals surface area (Å²) in [6.07, 6.45) is 0. The molecule has 0 radical (unpaired) electrons. The first-order valence-electron chi connectivity index (χ1n) is 5.03. The topological polar surface area (TPSA) is 64.3 Å². The number of methoxy groups -OCH3 is 1. The number of benzene rings is 1. The largest absolute Gasteiger partial charge is 0.383 e. The zero-order valence-electron chi connectivity index (χ0n) is 9.37. The number of halogens is 2. The highest BCUT2D eigenvalue weighted by Crippen LogP contribution is 2.20. The van der Waals surface area contributed by atoms with Crippen LogP contribution >= 0.6 is 15.9 Å². The van der Waals surface area contributed by atoms with Gasteiger partial charge in [-0.3, -0.25) is 10.1 Å². The van der Waals surface area contributed by atoms with Gasteiger partial charge in [0.05, 0.1) is 6.61 Å². The highest BCUT2D eigenvalue weighted by Gasteiger charge is 2.20. The number of hydrogen-bond donors (Lipinski definition) is 2. The van der Waals surface area contributed by atoms with E-state index in [1.54, 1.807) is 13.2 Å². The summed E-state index contributed by atoms with van der Waals surface area (Å²) in [5.41, 5.74) is 5.47. The monoisotopic (exact) mass is 304 g/mol. The van der Waals surface area contributed by atoms with Crippen molar-refractivity contribution in [3.8, 4) is 0 Å². The number of rotatable bonds is 6. The van der Waals surface area contributed by atoms with Crippen LogP contribution in [0, 0.1) is 5.82 Å². The fraction of sp³-hybridized carbons (Fsp3) is 0.364. The first-order chi connectivity index (χ1) is 8.06. The van der Waals surface area contributed by atoms with Crippen molar-refractivity contribution in [2.24, 2.45) is 5.73 Å². The minimum Gasteiger partial charge on any atom is -0.383 e. The molecule has 6 heteroatoms. The first-order valence-corrected chi connectivity index (χ1v) is 5.82. The summed E-state index contributed by atoms with van der Waals surface area (Å²) in [7, 11) is 1.54. The molecule has 0 aliphatic rings. The quantitative estimate of drug-likeness (QED) is 0.780. The molecule has 0 saturated carbocycles. The molecule has 1 amide bonds. The van der Waals surface area contributed by atoms with Crippen LogP contribution in [0.3, 0.4) is 0 Å². The Bertz CT molecular complexity index is 401. The van der Waals surface area contributed by atoms with Crippen LogP contribution in [0.4, 0.5) is 4.39 Å². The number of carbonyl (C=O) groups is 1. The lowest BCUT2D eigenvalue weighted by Gasteiger charge is -2.16. The molecule has 1 aromatic carbocycles. The number of hydrogen-bond acceptors (Lipinski definition) is 3. The molecule has 1 rings (SSSR count). The van der Waals surface area contributed by atoms with Crippen LogP contribution in [-0.4, -0.2) is 26.2 Å². The molecule has 94 valence electrons. The predicted molar refractivity (Wildman–Crippen MR) is 65.9 cm³/mol. The number of ether oxygens (including phenoxy) is 1. The zero-order chi connectivity index (χ0) is 12.8. The summed E-state index contributed by atoms with van der Waals surface area (Å²) in [6.45, 7) is 0.835. The molecule has 0 heterocycles. The van der Waals surface area contributed by atoms with Crippen LogP contribution in [-0.2, 0) is 9.53 Å². The van der Waals surface area contributed by atoms with Gasteiger partial charge in [0, 0.05) is 23.7 Å². The Morgan fingerprint density at radius 3 is 2.88 bits per heavy atom. The zero-order valence-corrected chi connectivity index (χ0v) is 11.0. The van der Waals surface area contributed by atoms with Gasteiger partial charge in [0.15, 0.2) is 0 Å². The van der Waals surface area contributed by atoms with Gasteiger partial charge in [-0.2, -0.15) is 0 Å². The molecule has 1 aromatic rings. The fourth-order valence-electron chi connectivity index (χ4n) is 1.40. The van der Waals surface area contributed by atoms with Crippen LogP contribution in [0.5, 0.6) is 0 Å². The first kappa shape index (κ1) is 14.1. The van der Waals surface area contributed by atoms with Crippen molar-refractivity contribution in [2.75, 3.05) is 20.3 Å². The highest BCUT2D eigenvalue weighted by atomic mass is 79.9. The normalized spacial score (nSPS) is 12.4. The van der Waals surface area contributed by atoms with Crippen LogP contribution < -0.4 is 11.1 Å². The van der Waals surface area contributed by atoms with Crippen molar-refractivity contribution < 1.29 is 13.9 Å². The molecule has 0 fully saturated rings. The van der Waals surface area contributed by atoms with Crippen LogP contribution in [0.2, 0.25) is 0 Å². The Kier molecular flexibility index (Phi) is 5.54. The van der Waals surface area contributed by atoms with Crippen LogP contribution in [0.25, 0.3) is 0 Å². The van der Waals surface area contributed by atoms with Crippen LogP contribution in [0.15, 0.2) is 22.7 Å². The predicted octanol–water partition coefficient (Wildman–Crippen LogP) is 1.35. The molecule has 0 spiro atoms. The summed E-state index contributed by atoms with van der Waals surface area (Å²) >= 11 is 3.15. The van der Waals surface area contributed by atoms with E-state index in [1.165, 1.54) is 12.1 Å². The lowest BCUT2D eigenvalue weighted by atomic mass is 10.1. The molecule has 0 aliphatic carbocycles. The van der Waals surface area contributed by atoms with Gasteiger partial charge in [-0.15, -0.1) is 0 Å². The minimum atomic E-state index is -0.849. The SMILES string of the molecule is COCCNC(C(N)=O)c1ccc(Br)cc1F. The van der Waals surface area contributed by atoms with E-state index in [0.717, 1.165) is 0 Å². The number of nitrogens with one attached hydrogen (secondary N) is 1. The second-order valence-corrected chi connectivity index (χ2v) is 4.36. The van der Waals surface area contributed by atoms with Crippen molar-refractivity contribution in [1.29, 1.82) is 0 Å². The van der Waals surface area contributed by atoms with Gasteiger partial charge >= 0.3 is 0 Å². The minimum absolute atomic E-state index is 0.233. The van der Waals surface area contributed by atoms with Gasteiger partial charge in [0.1, 0.15) is 11.9 Å². The van der Waals surface area contributed by atoms with Crippen LogP contribution in [0.1, 0.15) is 11.6 Å². The van der Waals surface area contributed by atoms with E-state index in [4.69, 9.17) is 10.5 Å². The number of amides is 1. The smallest absolute Gasteiger partial charge is 0.239 e. The Morgan fingerprint density at radius 1 is 1.65 bits per heavy atom. The summed E-state index contributed by atoms with van der Waals surface area (Å²) in [4.78, 5) is 11.3. The summed E-state index contributed by atoms with van der Waals surface area (Å²) in [5.74, 6) is -1.10. The average molecular weight is 305 g/mol. The average Bonchev–Trinajstić information content (AvgIpc) is 2.25. The maximum absolute atomic E-state index is 13.7. The fourth-order valence-corrected chi connectivity index (χ4v) is 1.74. The van der Waals surface area contributed by atoms with Gasteiger partial charge in [-0.1, -0.05) is 22.0 Å². The molecule has 4 nitrogen and oxygen atoms in total. The second-order valence-electron chi connectivity index (χ2n) is 3.45. The molecule has 1 atom stereocenters. The third-order valence-electron chi connectivity index (χ3n) is 2.21. The molecule has 3 N–H and O–H groups in total. The van der Waals surface area contributed by atoms with Crippen molar-refractivity contribution in [3.05, 3.63) is 34.1 Å². The summed E-state index contributed by atoms with van der Waals surface area (Å²) in [6, 6.07) is 3.63. The summed E-state index contributed by atoms with van der Waals surface area (Å²) < 4.78 is 19.1. The van der Waals surface area contributed by atoms with E-state index in [2.05, 4.69) is 21.2 Å². The second kappa shape index (κ2) is 6.68. The standard InChI is InChI=1S/C11H14BrFN2O2/c1-17-5-4-15-10(11(14)16)8-3-2-7(12)6-9(8)13/h2-3,6,10,15H,4-5H2,1H3,(H2,14,16). The van der Waals surface area contributed by atoms with Gasteiger partial charge in [0.25, 0.3) is 0 Å². The third-order valence-corrected chi connectivity index (χ3v) is 2.71. The van der Waals surface area contributed by atoms with Crippen molar-refractivity contribution in [1.82, 2.24) is 5.32 Å². The number of nitrogens with two attached hydrogens (primary N) is 1. The molecule has 0 aliphatic heterocycles. The van der Waals surface area contributed by atoms with Gasteiger partial charge in [-0.25, -0.2) is 4.39 Å². The van der Waals surface area contributed by atoms with Gasteiger partial charge in [-0.05, 0) is 12.1 Å². The van der Waals surface area contributed by atoms with E-state index < -0.39 is 17.8 Å². The Balaban J connectivity index is 2.86. The Labute approximate surface area is 107 Å². The molecule has 17 heavy (non-hydrogen) atoms. The Hall–Kier alpha value is -0.980. The Morgan fingerprint density at radius 2 is 2.35 bits per heavy atom. The number of carbonyl (C=O) groups excluding carboxylic acids is 1. The summed E-state index contributed by atoms with van der Waals surface area (Å²) in [5, 5.41) is 2.84. The van der Waals surface area contributed by atoms with Crippen molar-refractivity contribution in [3.63, 3.8) is 0 Å². The molecule has 0 bridgehead atoms. The molecule has 0 saturated heterocycles. The van der Waals surface area contributed by atoms with Gasteiger partial charge in [0.2, 0.25) is 5.91 Å². The van der Waals surface area contributed by atoms with E-state index >= 15 is 0 Å².